The van der Waals surface area contributed by atoms with Crippen LogP contribution in [0.3, 0.4) is 0 Å². The molecule has 1 atom stereocenters. The lowest BCUT2D eigenvalue weighted by Gasteiger charge is -2.42. The molecule has 1 spiro atoms. The van der Waals surface area contributed by atoms with Crippen LogP contribution in [0.15, 0.2) is 57.7 Å². The molecule has 2 aliphatic rings. The Balaban J connectivity index is 1.19. The Morgan fingerprint density at radius 2 is 1.90 bits per heavy atom. The number of anilines is 1. The van der Waals surface area contributed by atoms with Gasteiger partial charge >= 0.3 is 0 Å². The molecule has 40 heavy (non-hydrogen) atoms. The van der Waals surface area contributed by atoms with Gasteiger partial charge in [-0.1, -0.05) is 56.1 Å². The zero-order valence-corrected chi connectivity index (χ0v) is 25.8. The minimum absolute atomic E-state index is 0.0528. The quantitative estimate of drug-likeness (QED) is 0.286. The number of benzene rings is 1. The number of halogens is 1. The average molecular weight is 600 g/mol. The molecule has 1 aliphatic heterocycles. The predicted octanol–water partition coefficient (Wildman–Crippen LogP) is 6.29. The highest BCUT2D eigenvalue weighted by Gasteiger charge is 2.46. The molecule has 0 saturated carbocycles. The van der Waals surface area contributed by atoms with Gasteiger partial charge in [-0.05, 0) is 72.8 Å². The SMILES string of the molecule is CC(C)CCCCc1nccc(Sc2cnc(N3CCC4(CC3)Cc3ccc(S(C)(=O)=O)cc3[C@H]4N)cn2)c1Cl. The monoisotopic (exact) mass is 599 g/mol. The van der Waals surface area contributed by atoms with Gasteiger partial charge in [0.25, 0.3) is 0 Å². The standard InChI is InChI=1S/C30H38ClN5O2S2/c1-20(2)6-4-5-7-24-28(31)25(10-13-33-24)39-27-19-34-26(18-35-27)36-14-11-30(12-15-36)17-21-8-9-22(40(3,37)38)16-23(21)29(30)32/h8-10,13,16,18-20,29H,4-7,11-12,14-15,17,32H2,1-3H3/t29-/m1/s1. The van der Waals surface area contributed by atoms with E-state index >= 15 is 0 Å². The van der Waals surface area contributed by atoms with Crippen LogP contribution in [0, 0.1) is 11.3 Å². The Labute approximate surface area is 247 Å². The second-order valence-electron chi connectivity index (χ2n) is 11.7. The second-order valence-corrected chi connectivity index (χ2v) is 15.1. The molecule has 0 amide bonds. The van der Waals surface area contributed by atoms with Crippen LogP contribution in [0.4, 0.5) is 5.82 Å². The van der Waals surface area contributed by atoms with Gasteiger partial charge in [-0.3, -0.25) is 4.98 Å². The molecular formula is C30H38ClN5O2S2. The minimum Gasteiger partial charge on any atom is -0.355 e. The van der Waals surface area contributed by atoms with Crippen LogP contribution >= 0.6 is 23.4 Å². The van der Waals surface area contributed by atoms with Crippen molar-refractivity contribution in [3.63, 3.8) is 0 Å². The summed E-state index contributed by atoms with van der Waals surface area (Å²) in [6.07, 6.45) is 13.8. The first-order valence-corrected chi connectivity index (χ1v) is 17.1. The number of rotatable bonds is 9. The number of piperidine rings is 1. The predicted molar refractivity (Wildman–Crippen MR) is 162 cm³/mol. The summed E-state index contributed by atoms with van der Waals surface area (Å²) in [5.41, 5.74) is 9.80. The van der Waals surface area contributed by atoms with E-state index in [0.717, 1.165) is 72.2 Å². The number of sulfone groups is 1. The topological polar surface area (TPSA) is 102 Å². The maximum Gasteiger partial charge on any atom is 0.175 e. The van der Waals surface area contributed by atoms with Gasteiger partial charge in [0.15, 0.2) is 9.84 Å². The first-order chi connectivity index (χ1) is 19.1. The fourth-order valence-electron chi connectivity index (χ4n) is 5.95. The van der Waals surface area contributed by atoms with Gasteiger partial charge in [0.2, 0.25) is 0 Å². The lowest BCUT2D eigenvalue weighted by molar-refractivity contribution is 0.187. The van der Waals surface area contributed by atoms with E-state index in [9.17, 15) is 8.42 Å². The minimum atomic E-state index is -3.26. The van der Waals surface area contributed by atoms with Gasteiger partial charge < -0.3 is 10.6 Å². The van der Waals surface area contributed by atoms with Gasteiger partial charge in [0.1, 0.15) is 10.8 Å². The third-order valence-corrected chi connectivity index (χ3v) is 11.0. The molecule has 1 saturated heterocycles. The summed E-state index contributed by atoms with van der Waals surface area (Å²) in [7, 11) is -3.26. The van der Waals surface area contributed by atoms with E-state index in [1.165, 1.54) is 36.4 Å². The number of nitrogens with zero attached hydrogens (tertiary/aromatic N) is 4. The number of hydrogen-bond donors (Lipinski definition) is 1. The number of unbranched alkanes of at least 4 members (excludes halogenated alkanes) is 1. The highest BCUT2D eigenvalue weighted by atomic mass is 35.5. The van der Waals surface area contributed by atoms with Gasteiger partial charge in [0.05, 0.1) is 28.0 Å². The zero-order chi connectivity index (χ0) is 28.5. The lowest BCUT2D eigenvalue weighted by atomic mass is 9.73. The van der Waals surface area contributed by atoms with Crippen molar-refractivity contribution in [3.05, 3.63) is 64.7 Å². The van der Waals surface area contributed by atoms with Crippen molar-refractivity contribution < 1.29 is 8.42 Å². The molecule has 0 unspecified atom stereocenters. The maximum absolute atomic E-state index is 12.1. The Bertz CT molecular complexity index is 1460. The molecule has 0 radical (unpaired) electrons. The van der Waals surface area contributed by atoms with E-state index in [1.807, 2.05) is 30.7 Å². The van der Waals surface area contributed by atoms with Gasteiger partial charge in [-0.25, -0.2) is 18.4 Å². The summed E-state index contributed by atoms with van der Waals surface area (Å²) in [6, 6.07) is 7.20. The van der Waals surface area contributed by atoms with E-state index in [4.69, 9.17) is 22.3 Å². The molecular weight excluding hydrogens is 562 g/mol. The largest absolute Gasteiger partial charge is 0.355 e. The molecule has 3 aromatic rings. The molecule has 5 rings (SSSR count). The van der Waals surface area contributed by atoms with Crippen LogP contribution in [0.1, 0.15) is 68.8 Å². The van der Waals surface area contributed by atoms with Gasteiger partial charge in [0, 0.05) is 36.5 Å². The fourth-order valence-corrected chi connectivity index (χ4v) is 7.70. The Morgan fingerprint density at radius 1 is 1.12 bits per heavy atom. The number of aromatic nitrogens is 3. The summed E-state index contributed by atoms with van der Waals surface area (Å²) in [5, 5.41) is 1.51. The summed E-state index contributed by atoms with van der Waals surface area (Å²) in [6.45, 7) is 6.16. The van der Waals surface area contributed by atoms with Crippen molar-refractivity contribution in [1.29, 1.82) is 0 Å². The number of nitrogens with two attached hydrogens (primary N) is 1. The van der Waals surface area contributed by atoms with E-state index in [0.29, 0.717) is 15.8 Å². The molecule has 214 valence electrons. The van der Waals surface area contributed by atoms with Gasteiger partial charge in [-0.15, -0.1) is 0 Å². The molecule has 3 heterocycles. The number of hydrogen-bond acceptors (Lipinski definition) is 8. The molecule has 7 nitrogen and oxygen atoms in total. The van der Waals surface area contributed by atoms with E-state index < -0.39 is 9.84 Å². The Kier molecular flexibility index (Phi) is 8.76. The summed E-state index contributed by atoms with van der Waals surface area (Å²) >= 11 is 8.22. The number of pyridine rings is 1. The van der Waals surface area contributed by atoms with Crippen LogP contribution in [0.5, 0.6) is 0 Å². The third kappa shape index (κ3) is 6.32. The van der Waals surface area contributed by atoms with Crippen LogP contribution in [0.25, 0.3) is 0 Å². The van der Waals surface area contributed by atoms with E-state index in [-0.39, 0.29) is 11.5 Å². The third-order valence-electron chi connectivity index (χ3n) is 8.37. The average Bonchev–Trinajstić information content (AvgIpc) is 3.19. The first-order valence-electron chi connectivity index (χ1n) is 14.0. The highest BCUT2D eigenvalue weighted by Crippen LogP contribution is 2.51. The summed E-state index contributed by atoms with van der Waals surface area (Å²) in [4.78, 5) is 17.5. The van der Waals surface area contributed by atoms with Crippen molar-refractivity contribution in [2.75, 3.05) is 24.2 Å². The normalized spacial score (nSPS) is 18.4. The molecule has 2 N–H and O–H groups in total. The molecule has 1 aromatic carbocycles. The Morgan fingerprint density at radius 3 is 2.58 bits per heavy atom. The summed E-state index contributed by atoms with van der Waals surface area (Å²) < 4.78 is 24.1. The van der Waals surface area contributed by atoms with E-state index in [1.54, 1.807) is 12.1 Å². The lowest BCUT2D eigenvalue weighted by Crippen LogP contribution is -2.44. The maximum atomic E-state index is 12.1. The molecule has 1 fully saturated rings. The van der Waals surface area contributed by atoms with Crippen LogP contribution in [-0.2, 0) is 22.7 Å². The molecule has 2 aromatic heterocycles. The Hall–Kier alpha value is -2.20. The van der Waals surface area contributed by atoms with E-state index in [2.05, 4.69) is 28.7 Å². The van der Waals surface area contributed by atoms with Crippen molar-refractivity contribution in [3.8, 4) is 0 Å². The summed E-state index contributed by atoms with van der Waals surface area (Å²) in [5.74, 6) is 1.57. The van der Waals surface area contributed by atoms with Crippen molar-refractivity contribution in [2.24, 2.45) is 17.1 Å². The van der Waals surface area contributed by atoms with Crippen LogP contribution in [0.2, 0.25) is 5.02 Å². The van der Waals surface area contributed by atoms with Crippen molar-refractivity contribution in [2.45, 2.75) is 79.7 Å². The zero-order valence-electron chi connectivity index (χ0n) is 23.4. The highest BCUT2D eigenvalue weighted by molar-refractivity contribution is 7.99. The number of fused-ring (bicyclic) bond motifs is 1. The fraction of sp³-hybridized carbons (Fsp3) is 0.500. The first kappa shape index (κ1) is 29.3. The second kappa shape index (κ2) is 12.0. The van der Waals surface area contributed by atoms with Crippen LogP contribution in [-0.4, -0.2) is 42.7 Å². The van der Waals surface area contributed by atoms with Gasteiger partial charge in [-0.2, -0.15) is 0 Å². The van der Waals surface area contributed by atoms with Crippen molar-refractivity contribution in [1.82, 2.24) is 15.0 Å². The smallest absolute Gasteiger partial charge is 0.175 e. The molecule has 0 bridgehead atoms. The van der Waals surface area contributed by atoms with Crippen LogP contribution < -0.4 is 10.6 Å². The molecule has 1 aliphatic carbocycles. The van der Waals surface area contributed by atoms with Crippen molar-refractivity contribution >= 4 is 39.0 Å². The number of aryl methyl sites for hydroxylation is 1. The molecule has 10 heteroatoms.